The third kappa shape index (κ3) is 3.55. The molecule has 0 saturated heterocycles. The predicted molar refractivity (Wildman–Crippen MR) is 89.6 cm³/mol. The Morgan fingerprint density at radius 1 is 1.24 bits per heavy atom. The number of phenolic OH excluding ortho intramolecular Hbond substituents is 1. The van der Waals surface area contributed by atoms with E-state index in [9.17, 15) is 10.2 Å². The average Bonchev–Trinajstić information content (AvgIpc) is 2.52. The van der Waals surface area contributed by atoms with Crippen LogP contribution in [0.3, 0.4) is 0 Å². The fraction of sp³-hybridized carbons (Fsp3) is 0.600. The first-order valence-corrected chi connectivity index (χ1v) is 8.74. The number of aliphatic hydroxyl groups is 1. The van der Waals surface area contributed by atoms with Crippen LogP contribution >= 0.6 is 31.9 Å². The fourth-order valence-corrected chi connectivity index (χ4v) is 3.95. The molecule has 1 aromatic carbocycles. The summed E-state index contributed by atoms with van der Waals surface area (Å²) in [6, 6.07) is 1.16. The van der Waals surface area contributed by atoms with Gasteiger partial charge in [-0.2, -0.15) is 0 Å². The summed E-state index contributed by atoms with van der Waals surface area (Å²) in [5.41, 5.74) is 7.01. The van der Waals surface area contributed by atoms with Crippen molar-refractivity contribution in [1.29, 1.82) is 0 Å². The maximum Gasteiger partial charge on any atom is 0.173 e. The molecule has 4 nitrogen and oxygen atoms in total. The first-order chi connectivity index (χ1) is 9.97. The highest BCUT2D eigenvalue weighted by Gasteiger charge is 2.30. The summed E-state index contributed by atoms with van der Waals surface area (Å²) in [5, 5.41) is 20.5. The number of phenols is 1. The van der Waals surface area contributed by atoms with Crippen molar-refractivity contribution in [3.05, 3.63) is 20.6 Å². The molecule has 1 aromatic rings. The number of nitrogens with two attached hydrogens (primary N) is 1. The zero-order valence-electron chi connectivity index (χ0n) is 12.0. The molecule has 0 radical (unpaired) electrons. The molecule has 0 aliphatic heterocycles. The van der Waals surface area contributed by atoms with Gasteiger partial charge in [0.15, 0.2) is 11.5 Å². The predicted octanol–water partition coefficient (Wildman–Crippen LogP) is 3.87. The molecular formula is C15H21Br2NO3. The molecule has 1 saturated carbocycles. The maximum atomic E-state index is 10.6. The van der Waals surface area contributed by atoms with Gasteiger partial charge in [-0.3, -0.25) is 0 Å². The largest absolute Gasteiger partial charge is 0.503 e. The highest BCUT2D eigenvalue weighted by Crippen LogP contribution is 2.44. The highest BCUT2D eigenvalue weighted by atomic mass is 79.9. The molecule has 0 bridgehead atoms. The Bertz CT molecular complexity index is 504. The number of rotatable bonds is 4. The SMILES string of the molecule is COc1cc([C@@H](N)[C@@H](O)C2CCCCC2)c(Br)c(Br)c1O. The second kappa shape index (κ2) is 7.31. The van der Waals surface area contributed by atoms with Crippen molar-refractivity contribution < 1.29 is 14.9 Å². The van der Waals surface area contributed by atoms with Gasteiger partial charge in [0, 0.05) is 4.47 Å². The molecule has 2 atom stereocenters. The zero-order valence-corrected chi connectivity index (χ0v) is 15.2. The van der Waals surface area contributed by atoms with E-state index in [0.29, 0.717) is 14.7 Å². The molecule has 118 valence electrons. The van der Waals surface area contributed by atoms with Crippen molar-refractivity contribution in [3.63, 3.8) is 0 Å². The Morgan fingerprint density at radius 3 is 2.43 bits per heavy atom. The van der Waals surface area contributed by atoms with Crippen LogP contribution < -0.4 is 10.5 Å². The molecule has 1 aliphatic carbocycles. The summed E-state index contributed by atoms with van der Waals surface area (Å²) in [6.45, 7) is 0. The highest BCUT2D eigenvalue weighted by molar-refractivity contribution is 9.13. The summed E-state index contributed by atoms with van der Waals surface area (Å²) < 4.78 is 6.30. The fourth-order valence-electron chi connectivity index (χ4n) is 2.96. The lowest BCUT2D eigenvalue weighted by atomic mass is 9.81. The van der Waals surface area contributed by atoms with E-state index in [0.717, 1.165) is 31.2 Å². The minimum absolute atomic E-state index is 0.0208. The number of hydrogen-bond donors (Lipinski definition) is 3. The molecule has 0 unspecified atom stereocenters. The van der Waals surface area contributed by atoms with Crippen LogP contribution in [0.5, 0.6) is 11.5 Å². The lowest BCUT2D eigenvalue weighted by Gasteiger charge is -2.31. The van der Waals surface area contributed by atoms with Crippen molar-refractivity contribution in [2.24, 2.45) is 11.7 Å². The Hall–Kier alpha value is -0.300. The summed E-state index contributed by atoms with van der Waals surface area (Å²) in [7, 11) is 1.49. The van der Waals surface area contributed by atoms with Crippen LogP contribution in [-0.4, -0.2) is 23.4 Å². The van der Waals surface area contributed by atoms with Gasteiger partial charge in [-0.15, -0.1) is 0 Å². The van der Waals surface area contributed by atoms with Crippen molar-refractivity contribution in [3.8, 4) is 11.5 Å². The maximum absolute atomic E-state index is 10.6. The molecule has 0 amide bonds. The van der Waals surface area contributed by atoms with Crippen LogP contribution in [0.1, 0.15) is 43.7 Å². The van der Waals surface area contributed by atoms with Crippen molar-refractivity contribution in [2.75, 3.05) is 7.11 Å². The second-order valence-corrected chi connectivity index (χ2v) is 7.15. The normalized spacial score (nSPS) is 19.3. The molecule has 1 aliphatic rings. The van der Waals surface area contributed by atoms with Gasteiger partial charge >= 0.3 is 0 Å². The second-order valence-electron chi connectivity index (χ2n) is 5.56. The topological polar surface area (TPSA) is 75.7 Å². The minimum Gasteiger partial charge on any atom is -0.503 e. The van der Waals surface area contributed by atoms with Gasteiger partial charge in [-0.05, 0) is 62.2 Å². The van der Waals surface area contributed by atoms with E-state index >= 15 is 0 Å². The number of aromatic hydroxyl groups is 1. The molecule has 21 heavy (non-hydrogen) atoms. The van der Waals surface area contributed by atoms with E-state index in [2.05, 4.69) is 31.9 Å². The quantitative estimate of drug-likeness (QED) is 0.688. The molecule has 0 heterocycles. The molecule has 6 heteroatoms. The number of ether oxygens (including phenoxy) is 1. The lowest BCUT2D eigenvalue weighted by Crippen LogP contribution is -2.34. The monoisotopic (exact) mass is 421 g/mol. The number of benzene rings is 1. The number of aliphatic hydroxyl groups excluding tert-OH is 1. The van der Waals surface area contributed by atoms with E-state index < -0.39 is 12.1 Å². The Balaban J connectivity index is 2.29. The van der Waals surface area contributed by atoms with Gasteiger partial charge in [0.1, 0.15) is 0 Å². The number of halogens is 2. The van der Waals surface area contributed by atoms with E-state index in [1.807, 2.05) is 0 Å². The summed E-state index contributed by atoms with van der Waals surface area (Å²) >= 11 is 6.75. The molecule has 2 rings (SSSR count). The average molecular weight is 423 g/mol. The summed E-state index contributed by atoms with van der Waals surface area (Å²) in [5.74, 6) is 0.595. The van der Waals surface area contributed by atoms with Crippen LogP contribution in [0.25, 0.3) is 0 Å². The number of hydrogen-bond acceptors (Lipinski definition) is 4. The standard InChI is InChI=1S/C15H21Br2NO3/c1-21-10-7-9(11(16)12(17)15(10)20)13(18)14(19)8-5-3-2-4-6-8/h7-8,13-14,19-20H,2-6,18H2,1H3/t13-,14+/m1/s1. The van der Waals surface area contributed by atoms with Crippen LogP contribution in [0.4, 0.5) is 0 Å². The molecular weight excluding hydrogens is 402 g/mol. The Morgan fingerprint density at radius 2 is 1.86 bits per heavy atom. The zero-order chi connectivity index (χ0) is 15.6. The molecule has 4 N–H and O–H groups in total. The van der Waals surface area contributed by atoms with Crippen LogP contribution in [0.2, 0.25) is 0 Å². The van der Waals surface area contributed by atoms with E-state index in [1.165, 1.54) is 13.5 Å². The van der Waals surface area contributed by atoms with Gasteiger partial charge in [0.25, 0.3) is 0 Å². The lowest BCUT2D eigenvalue weighted by molar-refractivity contribution is 0.0615. The summed E-state index contributed by atoms with van der Waals surface area (Å²) in [4.78, 5) is 0. The third-order valence-corrected chi connectivity index (χ3v) is 6.41. The summed E-state index contributed by atoms with van der Waals surface area (Å²) in [6.07, 6.45) is 4.98. The van der Waals surface area contributed by atoms with Crippen LogP contribution in [0.15, 0.2) is 15.0 Å². The molecule has 0 spiro atoms. The molecule has 0 aromatic heterocycles. The van der Waals surface area contributed by atoms with E-state index in [4.69, 9.17) is 10.5 Å². The third-order valence-electron chi connectivity index (χ3n) is 4.25. The van der Waals surface area contributed by atoms with Gasteiger partial charge < -0.3 is 20.7 Å². The van der Waals surface area contributed by atoms with Gasteiger partial charge in [0.05, 0.1) is 23.7 Å². The van der Waals surface area contributed by atoms with Crippen molar-refractivity contribution >= 4 is 31.9 Å². The van der Waals surface area contributed by atoms with E-state index in [1.54, 1.807) is 6.07 Å². The van der Waals surface area contributed by atoms with Crippen LogP contribution in [0, 0.1) is 5.92 Å². The van der Waals surface area contributed by atoms with E-state index in [-0.39, 0.29) is 11.7 Å². The molecule has 1 fully saturated rings. The van der Waals surface area contributed by atoms with Crippen molar-refractivity contribution in [1.82, 2.24) is 0 Å². The van der Waals surface area contributed by atoms with Crippen LogP contribution in [-0.2, 0) is 0 Å². The van der Waals surface area contributed by atoms with Crippen molar-refractivity contribution in [2.45, 2.75) is 44.2 Å². The smallest absolute Gasteiger partial charge is 0.173 e. The first-order valence-electron chi connectivity index (χ1n) is 7.15. The van der Waals surface area contributed by atoms with Gasteiger partial charge in [-0.1, -0.05) is 19.3 Å². The Labute approximate surface area is 141 Å². The van der Waals surface area contributed by atoms with Gasteiger partial charge in [-0.25, -0.2) is 0 Å². The first kappa shape index (κ1) is 17.1. The van der Waals surface area contributed by atoms with Gasteiger partial charge in [0.2, 0.25) is 0 Å². The Kier molecular flexibility index (Phi) is 5.94. The minimum atomic E-state index is -0.595. The number of methoxy groups -OCH3 is 1.